The van der Waals surface area contributed by atoms with Crippen LogP contribution in [0.1, 0.15) is 53.9 Å². The van der Waals surface area contributed by atoms with Crippen LogP contribution >= 0.6 is 22.9 Å². The monoisotopic (exact) mass is 452 g/mol. The van der Waals surface area contributed by atoms with Crippen molar-refractivity contribution in [1.82, 2.24) is 10.2 Å². The average Bonchev–Trinajstić information content (AvgIpc) is 3.22. The number of hydrogen-bond acceptors (Lipinski definition) is 8. The molecule has 7 nitrogen and oxygen atoms in total. The Morgan fingerprint density at radius 1 is 1.30 bits per heavy atom. The van der Waals surface area contributed by atoms with E-state index in [9.17, 15) is 10.2 Å². The van der Waals surface area contributed by atoms with Crippen molar-refractivity contribution in [2.45, 2.75) is 51.4 Å². The number of nitrogens with zero attached hydrogens (tertiary/aromatic N) is 2. The minimum Gasteiger partial charge on any atom is -0.405 e. The van der Waals surface area contributed by atoms with E-state index >= 15 is 0 Å². The van der Waals surface area contributed by atoms with Gasteiger partial charge < -0.3 is 26.4 Å². The molecule has 2 aromatic rings. The molecule has 3 atom stereocenters. The standard InChI is InChI=1S/C19H23ClN4O3S.C2H6/c20-16-2-1-11(17-8-14(26)7-15(10-25)27-17)5-13(16)6-18-23-24-19(28-18)12(9-22)3-4-21;1-2/h1-5,9,14-15,17,25-26H,6-8,10,21-22H2;1-2H3/b4-3-,12-9+;. The highest BCUT2D eigenvalue weighted by molar-refractivity contribution is 7.12. The second-order valence-electron chi connectivity index (χ2n) is 6.56. The first-order valence-electron chi connectivity index (χ1n) is 9.89. The van der Waals surface area contributed by atoms with Crippen molar-refractivity contribution in [1.29, 1.82) is 0 Å². The van der Waals surface area contributed by atoms with Gasteiger partial charge in [0.15, 0.2) is 0 Å². The first kappa shape index (κ1) is 24.3. The van der Waals surface area contributed by atoms with Crippen LogP contribution in [-0.4, -0.2) is 39.2 Å². The van der Waals surface area contributed by atoms with Gasteiger partial charge in [-0.3, -0.25) is 0 Å². The number of aliphatic hydroxyl groups excluding tert-OH is 2. The molecule has 30 heavy (non-hydrogen) atoms. The molecule has 3 rings (SSSR count). The number of nitrogens with two attached hydrogens (primary N) is 2. The number of hydrogen-bond donors (Lipinski definition) is 4. The SMILES string of the molecule is CC.N/C=C\C(=C/N)c1nnc(Cc2cc(C3CC(O)CC(CO)O3)ccc2Cl)s1. The molecule has 1 aliphatic rings. The van der Waals surface area contributed by atoms with Gasteiger partial charge in [0.25, 0.3) is 0 Å². The normalized spacial score (nSPS) is 22.0. The maximum Gasteiger partial charge on any atom is 0.149 e. The van der Waals surface area contributed by atoms with Gasteiger partial charge in [-0.15, -0.1) is 10.2 Å². The fourth-order valence-corrected chi connectivity index (χ4v) is 4.21. The van der Waals surface area contributed by atoms with Gasteiger partial charge in [-0.05, 0) is 29.5 Å². The second-order valence-corrected chi connectivity index (χ2v) is 8.03. The molecule has 9 heteroatoms. The number of aliphatic hydroxyl groups is 2. The molecule has 2 heterocycles. The number of ether oxygens (including phenoxy) is 1. The molecule has 1 aromatic carbocycles. The van der Waals surface area contributed by atoms with E-state index in [0.717, 1.165) is 16.1 Å². The molecule has 3 unspecified atom stereocenters. The Labute approximate surface area is 186 Å². The Morgan fingerprint density at radius 3 is 2.73 bits per heavy atom. The Hall–Kier alpha value is -1.97. The number of allylic oxidation sites excluding steroid dienone is 2. The van der Waals surface area contributed by atoms with E-state index in [2.05, 4.69) is 10.2 Å². The molecule has 0 radical (unpaired) electrons. The lowest BCUT2D eigenvalue weighted by Crippen LogP contribution is -2.33. The van der Waals surface area contributed by atoms with Gasteiger partial charge in [0.05, 0.1) is 24.9 Å². The largest absolute Gasteiger partial charge is 0.405 e. The Kier molecular flexibility index (Phi) is 9.74. The summed E-state index contributed by atoms with van der Waals surface area (Å²) < 4.78 is 5.89. The van der Waals surface area contributed by atoms with Crippen LogP contribution in [-0.2, 0) is 11.2 Å². The fourth-order valence-electron chi connectivity index (χ4n) is 3.16. The van der Waals surface area contributed by atoms with Crippen molar-refractivity contribution >= 4 is 28.5 Å². The second kappa shape index (κ2) is 12.0. The van der Waals surface area contributed by atoms with Crippen molar-refractivity contribution in [3.63, 3.8) is 0 Å². The molecule has 1 fully saturated rings. The molecule has 0 aliphatic carbocycles. The van der Waals surface area contributed by atoms with E-state index in [1.54, 1.807) is 6.08 Å². The van der Waals surface area contributed by atoms with Crippen LogP contribution in [0.5, 0.6) is 0 Å². The molecular formula is C21H29ClN4O3S. The van der Waals surface area contributed by atoms with E-state index in [-0.39, 0.29) is 18.8 Å². The van der Waals surface area contributed by atoms with Crippen LogP contribution in [0.2, 0.25) is 5.02 Å². The van der Waals surface area contributed by atoms with Gasteiger partial charge in [-0.25, -0.2) is 0 Å². The summed E-state index contributed by atoms with van der Waals surface area (Å²) in [6.45, 7) is 3.88. The molecule has 164 valence electrons. The summed E-state index contributed by atoms with van der Waals surface area (Å²) in [6, 6.07) is 5.66. The maximum absolute atomic E-state index is 10.1. The van der Waals surface area contributed by atoms with E-state index in [0.29, 0.717) is 34.9 Å². The molecule has 0 amide bonds. The first-order chi connectivity index (χ1) is 14.5. The highest BCUT2D eigenvalue weighted by Crippen LogP contribution is 2.34. The third kappa shape index (κ3) is 6.26. The minimum absolute atomic E-state index is 0.115. The van der Waals surface area contributed by atoms with Crippen molar-refractivity contribution in [2.24, 2.45) is 11.5 Å². The first-order valence-corrected chi connectivity index (χ1v) is 11.1. The van der Waals surface area contributed by atoms with Crippen molar-refractivity contribution in [3.8, 4) is 0 Å². The summed E-state index contributed by atoms with van der Waals surface area (Å²) in [5.74, 6) is 0. The number of rotatable bonds is 6. The third-order valence-corrected chi connectivity index (χ3v) is 5.87. The summed E-state index contributed by atoms with van der Waals surface area (Å²) in [7, 11) is 0. The summed E-state index contributed by atoms with van der Waals surface area (Å²) in [5.41, 5.74) is 13.5. The van der Waals surface area contributed by atoms with Crippen LogP contribution in [0.15, 0.2) is 36.7 Å². The molecule has 1 aromatic heterocycles. The highest BCUT2D eigenvalue weighted by Gasteiger charge is 2.29. The number of benzene rings is 1. The molecular weight excluding hydrogens is 424 g/mol. The Bertz CT molecular complexity index is 872. The summed E-state index contributed by atoms with van der Waals surface area (Å²) >= 11 is 7.80. The van der Waals surface area contributed by atoms with Gasteiger partial charge in [0.1, 0.15) is 10.0 Å². The van der Waals surface area contributed by atoms with Gasteiger partial charge in [0, 0.05) is 36.1 Å². The lowest BCUT2D eigenvalue weighted by atomic mass is 9.95. The van der Waals surface area contributed by atoms with Crippen LogP contribution in [0.4, 0.5) is 0 Å². The summed E-state index contributed by atoms with van der Waals surface area (Å²) in [6.07, 6.45) is 4.78. The molecule has 0 saturated carbocycles. The van der Waals surface area contributed by atoms with E-state index < -0.39 is 6.10 Å². The molecule has 1 aliphatic heterocycles. The quantitative estimate of drug-likeness (QED) is 0.495. The predicted octanol–water partition coefficient (Wildman–Crippen LogP) is 3.15. The molecule has 0 spiro atoms. The number of halogens is 1. The zero-order chi connectivity index (χ0) is 22.1. The topological polar surface area (TPSA) is 128 Å². The van der Waals surface area contributed by atoms with Crippen LogP contribution < -0.4 is 11.5 Å². The summed E-state index contributed by atoms with van der Waals surface area (Å²) in [4.78, 5) is 0. The average molecular weight is 453 g/mol. The van der Waals surface area contributed by atoms with E-state index in [4.69, 9.17) is 27.8 Å². The number of aromatic nitrogens is 2. The van der Waals surface area contributed by atoms with Gasteiger partial charge >= 0.3 is 0 Å². The summed E-state index contributed by atoms with van der Waals surface area (Å²) in [5, 5.41) is 29.9. The predicted molar refractivity (Wildman–Crippen MR) is 121 cm³/mol. The minimum atomic E-state index is -0.502. The molecule has 6 N–H and O–H groups in total. The van der Waals surface area contributed by atoms with Gasteiger partial charge in [-0.2, -0.15) is 0 Å². The van der Waals surface area contributed by atoms with E-state index in [1.165, 1.54) is 23.7 Å². The smallest absolute Gasteiger partial charge is 0.149 e. The van der Waals surface area contributed by atoms with Crippen molar-refractivity contribution in [3.05, 3.63) is 62.8 Å². The van der Waals surface area contributed by atoms with Crippen molar-refractivity contribution in [2.75, 3.05) is 6.61 Å². The van der Waals surface area contributed by atoms with Crippen LogP contribution in [0, 0.1) is 0 Å². The fraction of sp³-hybridized carbons (Fsp3) is 0.429. The Balaban J connectivity index is 0.00000155. The Morgan fingerprint density at radius 2 is 2.07 bits per heavy atom. The third-order valence-electron chi connectivity index (χ3n) is 4.53. The van der Waals surface area contributed by atoms with Crippen molar-refractivity contribution < 1.29 is 14.9 Å². The maximum atomic E-state index is 10.1. The van der Waals surface area contributed by atoms with Crippen LogP contribution in [0.3, 0.4) is 0 Å². The zero-order valence-corrected chi connectivity index (χ0v) is 18.7. The lowest BCUT2D eigenvalue weighted by Gasteiger charge is -2.32. The van der Waals surface area contributed by atoms with Crippen LogP contribution in [0.25, 0.3) is 5.57 Å². The molecule has 0 bridgehead atoms. The zero-order valence-electron chi connectivity index (χ0n) is 17.2. The lowest BCUT2D eigenvalue weighted by molar-refractivity contribution is -0.113. The van der Waals surface area contributed by atoms with Gasteiger partial charge in [-0.1, -0.05) is 48.9 Å². The molecule has 1 saturated heterocycles. The van der Waals surface area contributed by atoms with Gasteiger partial charge in [0.2, 0.25) is 0 Å². The highest BCUT2D eigenvalue weighted by atomic mass is 35.5. The van der Waals surface area contributed by atoms with E-state index in [1.807, 2.05) is 32.0 Å².